The minimum absolute atomic E-state index is 0.0823. The molecule has 4 N–H and O–H groups in total. The SMILES string of the molecule is CCC(CC(CC(CC(CC(C)c1ccc(S(=O)(=O)O)cc1)c1ccc(S(=O)(=O)O)cc1)c1ccc(S(=O)(=O)O)cc1)c1ccc(S(=O)(=O)O)cc1)c1ccc(C)cc1. The van der Waals surface area contributed by atoms with E-state index < -0.39 is 40.5 Å². The molecule has 0 heterocycles. The van der Waals surface area contributed by atoms with Crippen LogP contribution in [0.5, 0.6) is 0 Å². The molecule has 5 aromatic carbocycles. The van der Waals surface area contributed by atoms with Gasteiger partial charge in [0.1, 0.15) is 0 Å². The Labute approximate surface area is 347 Å². The summed E-state index contributed by atoms with van der Waals surface area (Å²) < 4.78 is 134. The molecule has 0 saturated heterocycles. The highest BCUT2D eigenvalue weighted by molar-refractivity contribution is 7.86. The zero-order valence-corrected chi connectivity index (χ0v) is 35.9. The molecule has 0 amide bonds. The van der Waals surface area contributed by atoms with Crippen LogP contribution in [-0.4, -0.2) is 51.9 Å². The zero-order chi connectivity index (χ0) is 43.3. The number of benzene rings is 5. The fraction of sp³-hybridized carbons (Fsp3) is 0.302. The van der Waals surface area contributed by atoms with Crippen molar-refractivity contribution >= 4 is 40.5 Å². The number of aryl methyl sites for hydroxylation is 1. The zero-order valence-electron chi connectivity index (χ0n) is 32.7. The molecule has 0 aliphatic carbocycles. The Kier molecular flexibility index (Phi) is 14.4. The first-order valence-corrected chi connectivity index (χ1v) is 24.6. The van der Waals surface area contributed by atoms with Gasteiger partial charge < -0.3 is 0 Å². The number of hydrogen-bond acceptors (Lipinski definition) is 8. The predicted molar refractivity (Wildman–Crippen MR) is 224 cm³/mol. The summed E-state index contributed by atoms with van der Waals surface area (Å²) in [5, 5.41) is 0. The molecule has 0 saturated carbocycles. The van der Waals surface area contributed by atoms with E-state index in [2.05, 4.69) is 19.1 Å². The van der Waals surface area contributed by atoms with Crippen molar-refractivity contribution in [3.63, 3.8) is 0 Å². The van der Waals surface area contributed by atoms with Crippen molar-refractivity contribution < 1.29 is 51.9 Å². The molecule has 16 heteroatoms. The first-order chi connectivity index (χ1) is 27.5. The van der Waals surface area contributed by atoms with Crippen molar-refractivity contribution in [3.8, 4) is 0 Å². The molecule has 316 valence electrons. The van der Waals surface area contributed by atoms with Gasteiger partial charge in [0.25, 0.3) is 40.5 Å². The molecule has 0 fully saturated rings. The Hall–Kier alpha value is -4.26. The van der Waals surface area contributed by atoms with Crippen LogP contribution in [0.15, 0.2) is 141 Å². The van der Waals surface area contributed by atoms with Crippen LogP contribution in [0.3, 0.4) is 0 Å². The van der Waals surface area contributed by atoms with Crippen LogP contribution in [-0.2, 0) is 40.5 Å². The Morgan fingerprint density at radius 2 is 0.610 bits per heavy atom. The summed E-state index contributed by atoms with van der Waals surface area (Å²) in [6, 6.07) is 32.0. The normalized spacial score (nSPS) is 15.2. The maximum atomic E-state index is 12.1. The predicted octanol–water partition coefficient (Wildman–Crippen LogP) is 9.19. The lowest BCUT2D eigenvalue weighted by Crippen LogP contribution is -2.15. The van der Waals surface area contributed by atoms with Gasteiger partial charge in [-0.2, -0.15) is 33.7 Å². The summed E-state index contributed by atoms with van der Waals surface area (Å²) in [4.78, 5) is -1.09. The largest absolute Gasteiger partial charge is 0.294 e. The molecule has 0 aromatic heterocycles. The van der Waals surface area contributed by atoms with E-state index in [1.807, 2.05) is 26.0 Å². The molecular formula is C43H48O12S4. The van der Waals surface area contributed by atoms with Crippen LogP contribution in [0.1, 0.15) is 109 Å². The Morgan fingerprint density at radius 3 is 0.898 bits per heavy atom. The van der Waals surface area contributed by atoms with Crippen LogP contribution < -0.4 is 0 Å². The maximum Gasteiger partial charge on any atom is 0.294 e. The van der Waals surface area contributed by atoms with E-state index in [1.54, 1.807) is 48.5 Å². The smallest absolute Gasteiger partial charge is 0.282 e. The van der Waals surface area contributed by atoms with E-state index in [4.69, 9.17) is 0 Å². The summed E-state index contributed by atoms with van der Waals surface area (Å²) in [7, 11) is -17.9. The van der Waals surface area contributed by atoms with Crippen LogP contribution in [0.4, 0.5) is 0 Å². The van der Waals surface area contributed by atoms with Gasteiger partial charge in [0.2, 0.25) is 0 Å². The molecule has 5 unspecified atom stereocenters. The molecule has 5 aromatic rings. The molecule has 0 aliphatic heterocycles. The molecular weight excluding hydrogens is 837 g/mol. The van der Waals surface area contributed by atoms with E-state index in [1.165, 1.54) is 48.5 Å². The molecule has 12 nitrogen and oxygen atoms in total. The lowest BCUT2D eigenvalue weighted by atomic mass is 9.73. The fourth-order valence-electron chi connectivity index (χ4n) is 7.78. The molecule has 0 radical (unpaired) electrons. The van der Waals surface area contributed by atoms with Gasteiger partial charge >= 0.3 is 0 Å². The van der Waals surface area contributed by atoms with Gasteiger partial charge in [0.15, 0.2) is 0 Å². The average Bonchev–Trinajstić information content (AvgIpc) is 3.18. The molecule has 0 spiro atoms. The van der Waals surface area contributed by atoms with Crippen LogP contribution >= 0.6 is 0 Å². The molecule has 59 heavy (non-hydrogen) atoms. The summed E-state index contributed by atoms with van der Waals surface area (Å²) in [6.45, 7) is 6.04. The van der Waals surface area contributed by atoms with E-state index in [-0.39, 0.29) is 49.2 Å². The first kappa shape index (κ1) is 45.8. The molecule has 0 bridgehead atoms. The lowest BCUT2D eigenvalue weighted by Gasteiger charge is -2.31. The fourth-order valence-corrected chi connectivity index (χ4v) is 9.70. The summed E-state index contributed by atoms with van der Waals surface area (Å²) >= 11 is 0. The van der Waals surface area contributed by atoms with Crippen molar-refractivity contribution in [2.45, 2.75) is 102 Å². The first-order valence-electron chi connectivity index (χ1n) is 18.9. The Bertz CT molecular complexity index is 2650. The highest BCUT2D eigenvalue weighted by Gasteiger charge is 2.29. The summed E-state index contributed by atoms with van der Waals surface area (Å²) in [5.74, 6) is -0.967. The van der Waals surface area contributed by atoms with Gasteiger partial charge in [-0.25, -0.2) is 0 Å². The third-order valence-corrected chi connectivity index (χ3v) is 14.6. The lowest BCUT2D eigenvalue weighted by molar-refractivity contribution is 0.406. The monoisotopic (exact) mass is 884 g/mol. The highest BCUT2D eigenvalue weighted by Crippen LogP contribution is 2.45. The quantitative estimate of drug-likeness (QED) is 0.0606. The van der Waals surface area contributed by atoms with Gasteiger partial charge in [0.05, 0.1) is 19.6 Å². The van der Waals surface area contributed by atoms with Crippen molar-refractivity contribution in [1.82, 2.24) is 0 Å². The van der Waals surface area contributed by atoms with Crippen molar-refractivity contribution in [1.29, 1.82) is 0 Å². The maximum absolute atomic E-state index is 12.1. The minimum Gasteiger partial charge on any atom is -0.282 e. The Morgan fingerprint density at radius 1 is 0.373 bits per heavy atom. The topological polar surface area (TPSA) is 217 Å². The third-order valence-electron chi connectivity index (χ3n) is 11.1. The molecule has 0 aliphatic rings. The van der Waals surface area contributed by atoms with E-state index in [0.717, 1.165) is 39.8 Å². The molecule has 5 rings (SSSR count). The number of rotatable bonds is 18. The molecule has 5 atom stereocenters. The standard InChI is InChI=1S/C43H48O12S4/c1-4-31(33-7-5-29(2)6-8-33)26-38(35-13-21-42(22-14-35)58(50,51)52)28-39(36-15-23-43(24-16-36)59(53,54)55)27-37(34-11-19-41(20-12-34)57(47,48)49)25-30(3)32-9-17-40(18-10-32)56(44,45)46/h5-24,30-31,37-39H,4,25-28H2,1-3H3,(H,44,45,46)(H,47,48,49)(H,50,51,52)(H,53,54,55). The van der Waals surface area contributed by atoms with E-state index in [0.29, 0.717) is 25.7 Å². The van der Waals surface area contributed by atoms with Gasteiger partial charge in [0, 0.05) is 0 Å². The van der Waals surface area contributed by atoms with Crippen molar-refractivity contribution in [2.24, 2.45) is 0 Å². The van der Waals surface area contributed by atoms with Crippen LogP contribution in [0.25, 0.3) is 0 Å². The third kappa shape index (κ3) is 12.4. The van der Waals surface area contributed by atoms with Crippen molar-refractivity contribution in [3.05, 3.63) is 155 Å². The average molecular weight is 885 g/mol. The van der Waals surface area contributed by atoms with E-state index >= 15 is 0 Å². The van der Waals surface area contributed by atoms with Gasteiger partial charge in [-0.1, -0.05) is 92.2 Å². The second-order valence-electron chi connectivity index (χ2n) is 15.1. The van der Waals surface area contributed by atoms with Crippen LogP contribution in [0, 0.1) is 6.92 Å². The van der Waals surface area contributed by atoms with Gasteiger partial charge in [-0.05, 0) is 145 Å². The van der Waals surface area contributed by atoms with Gasteiger partial charge in [-0.15, -0.1) is 0 Å². The number of hydrogen-bond donors (Lipinski definition) is 4. The van der Waals surface area contributed by atoms with Gasteiger partial charge in [-0.3, -0.25) is 18.2 Å². The van der Waals surface area contributed by atoms with E-state index in [9.17, 15) is 51.9 Å². The second kappa shape index (κ2) is 18.6. The Balaban J connectivity index is 1.62. The second-order valence-corrected chi connectivity index (χ2v) is 20.8. The van der Waals surface area contributed by atoms with Crippen LogP contribution in [0.2, 0.25) is 0 Å². The summed E-state index contributed by atoms with van der Waals surface area (Å²) in [6.07, 6.45) is 2.77. The van der Waals surface area contributed by atoms with Crippen molar-refractivity contribution in [2.75, 3.05) is 0 Å². The minimum atomic E-state index is -4.51. The summed E-state index contributed by atoms with van der Waals surface area (Å²) in [5.41, 5.74) is 5.28. The highest BCUT2D eigenvalue weighted by atomic mass is 32.2.